The van der Waals surface area contributed by atoms with Crippen molar-refractivity contribution in [3.05, 3.63) is 48.5 Å². The van der Waals surface area contributed by atoms with Gasteiger partial charge in [-0.05, 0) is 24.3 Å². The number of aromatic hydroxyl groups is 1. The standard InChI is InChI=1S/C17H14N2O8S2/c1-27-15-9-10(28(21,22)23)5-7-13(15)18-19-14-8-6-11-12(17(14)20)3-2-4-16(11)29(24,25)26/h2-9,20H,1H3,(H,21,22,23)(H,24,25,26). The number of azo groups is 1. The fraction of sp³-hybridized carbons (Fsp3) is 0.0588. The Morgan fingerprint density at radius 3 is 2.10 bits per heavy atom. The lowest BCUT2D eigenvalue weighted by Crippen LogP contribution is -1.98. The Balaban J connectivity index is 2.07. The average molecular weight is 438 g/mol. The first-order valence-electron chi connectivity index (χ1n) is 7.82. The summed E-state index contributed by atoms with van der Waals surface area (Å²) in [5.74, 6) is -0.358. The molecule has 0 aliphatic heterocycles. The molecule has 0 spiro atoms. The predicted octanol–water partition coefficient (Wildman–Crippen LogP) is 3.46. The number of ether oxygens (including phenoxy) is 1. The van der Waals surface area contributed by atoms with Crippen molar-refractivity contribution in [2.75, 3.05) is 7.11 Å². The van der Waals surface area contributed by atoms with Gasteiger partial charge in [0.2, 0.25) is 0 Å². The number of hydrogen-bond acceptors (Lipinski definition) is 8. The summed E-state index contributed by atoms with van der Waals surface area (Å²) in [6.07, 6.45) is 0. The number of phenols is 1. The summed E-state index contributed by atoms with van der Waals surface area (Å²) in [5.41, 5.74) is 0.108. The van der Waals surface area contributed by atoms with Gasteiger partial charge in [0.1, 0.15) is 22.0 Å². The number of fused-ring (bicyclic) bond motifs is 1. The highest BCUT2D eigenvalue weighted by Gasteiger charge is 2.17. The van der Waals surface area contributed by atoms with Gasteiger partial charge in [0.25, 0.3) is 20.2 Å². The van der Waals surface area contributed by atoms with Crippen LogP contribution in [0.4, 0.5) is 11.4 Å². The Morgan fingerprint density at radius 1 is 0.828 bits per heavy atom. The minimum Gasteiger partial charge on any atom is -0.505 e. The maximum absolute atomic E-state index is 11.5. The first-order valence-corrected chi connectivity index (χ1v) is 10.7. The first kappa shape index (κ1) is 20.7. The van der Waals surface area contributed by atoms with Crippen LogP contribution in [0.5, 0.6) is 11.5 Å². The topological polar surface area (TPSA) is 163 Å². The lowest BCUT2D eigenvalue weighted by Gasteiger charge is -2.08. The maximum atomic E-state index is 11.5. The van der Waals surface area contributed by atoms with Crippen LogP contribution in [0.15, 0.2) is 68.6 Å². The van der Waals surface area contributed by atoms with E-state index in [4.69, 9.17) is 9.29 Å². The molecule has 0 radical (unpaired) electrons. The van der Waals surface area contributed by atoms with E-state index in [9.17, 15) is 26.5 Å². The Morgan fingerprint density at radius 2 is 1.48 bits per heavy atom. The van der Waals surface area contributed by atoms with Gasteiger partial charge in [-0.15, -0.1) is 10.2 Å². The summed E-state index contributed by atoms with van der Waals surface area (Å²) in [5, 5.41) is 18.4. The molecule has 10 nitrogen and oxygen atoms in total. The van der Waals surface area contributed by atoms with Crippen molar-refractivity contribution in [3.8, 4) is 11.5 Å². The van der Waals surface area contributed by atoms with Gasteiger partial charge in [0.15, 0.2) is 5.75 Å². The van der Waals surface area contributed by atoms with Gasteiger partial charge >= 0.3 is 0 Å². The van der Waals surface area contributed by atoms with E-state index in [1.165, 1.54) is 43.5 Å². The summed E-state index contributed by atoms with van der Waals surface area (Å²) in [6, 6.07) is 10.1. The smallest absolute Gasteiger partial charge is 0.295 e. The van der Waals surface area contributed by atoms with Crippen LogP contribution in [0.3, 0.4) is 0 Å². The largest absolute Gasteiger partial charge is 0.505 e. The molecule has 29 heavy (non-hydrogen) atoms. The van der Waals surface area contributed by atoms with Crippen LogP contribution in [-0.2, 0) is 20.2 Å². The van der Waals surface area contributed by atoms with Crippen LogP contribution in [0, 0.1) is 0 Å². The van der Waals surface area contributed by atoms with Gasteiger partial charge in [-0.1, -0.05) is 18.2 Å². The van der Waals surface area contributed by atoms with Crippen molar-refractivity contribution in [3.63, 3.8) is 0 Å². The molecule has 12 heteroatoms. The van der Waals surface area contributed by atoms with Gasteiger partial charge in [-0.2, -0.15) is 16.8 Å². The molecule has 0 fully saturated rings. The Kier molecular flexibility index (Phi) is 5.28. The molecule has 0 aliphatic carbocycles. The zero-order chi connectivity index (χ0) is 21.4. The van der Waals surface area contributed by atoms with Crippen molar-refractivity contribution in [1.29, 1.82) is 0 Å². The molecule has 0 amide bonds. The third kappa shape index (κ3) is 4.19. The normalized spacial score (nSPS) is 12.5. The van der Waals surface area contributed by atoms with Crippen LogP contribution >= 0.6 is 0 Å². The van der Waals surface area contributed by atoms with Crippen molar-refractivity contribution in [2.45, 2.75) is 9.79 Å². The molecule has 0 saturated heterocycles. The van der Waals surface area contributed by atoms with Crippen molar-refractivity contribution in [1.82, 2.24) is 0 Å². The lowest BCUT2D eigenvalue weighted by atomic mass is 10.1. The van der Waals surface area contributed by atoms with Gasteiger partial charge in [0, 0.05) is 16.8 Å². The lowest BCUT2D eigenvalue weighted by molar-refractivity contribution is 0.413. The molecule has 0 atom stereocenters. The van der Waals surface area contributed by atoms with Crippen molar-refractivity contribution >= 4 is 42.4 Å². The molecule has 0 aliphatic rings. The van der Waals surface area contributed by atoms with E-state index in [1.807, 2.05) is 0 Å². The fourth-order valence-electron chi connectivity index (χ4n) is 2.62. The maximum Gasteiger partial charge on any atom is 0.295 e. The van der Waals surface area contributed by atoms with Crippen molar-refractivity contribution in [2.24, 2.45) is 10.2 Å². The minimum absolute atomic E-state index is 0.00843. The molecule has 152 valence electrons. The monoisotopic (exact) mass is 438 g/mol. The third-order valence-corrected chi connectivity index (χ3v) is 5.73. The number of nitrogens with zero attached hydrogens (tertiary/aromatic N) is 2. The molecule has 3 N–H and O–H groups in total. The number of benzene rings is 3. The summed E-state index contributed by atoms with van der Waals surface area (Å²) >= 11 is 0. The summed E-state index contributed by atoms with van der Waals surface area (Å²) in [4.78, 5) is -0.754. The second kappa shape index (κ2) is 7.40. The van der Waals surface area contributed by atoms with Crippen LogP contribution in [0.25, 0.3) is 10.8 Å². The molecule has 3 rings (SSSR count). The molecule has 0 bridgehead atoms. The molecule has 3 aromatic rings. The molecule has 0 unspecified atom stereocenters. The van der Waals surface area contributed by atoms with Gasteiger partial charge in [-0.3, -0.25) is 9.11 Å². The highest BCUT2D eigenvalue weighted by molar-refractivity contribution is 7.86. The summed E-state index contributed by atoms with van der Waals surface area (Å²) < 4.78 is 68.8. The second-order valence-corrected chi connectivity index (χ2v) is 8.58. The van der Waals surface area contributed by atoms with Crippen LogP contribution in [0.1, 0.15) is 0 Å². The molecule has 3 aromatic carbocycles. The summed E-state index contributed by atoms with van der Waals surface area (Å²) in [6.45, 7) is 0. The Bertz CT molecular complexity index is 1350. The van der Waals surface area contributed by atoms with Crippen LogP contribution < -0.4 is 4.74 Å². The van der Waals surface area contributed by atoms with Gasteiger partial charge in [0.05, 0.1) is 12.0 Å². The minimum atomic E-state index is -4.49. The van der Waals surface area contributed by atoms with E-state index in [0.717, 1.165) is 12.1 Å². The number of rotatable bonds is 5. The quantitative estimate of drug-likeness (QED) is 0.403. The third-order valence-electron chi connectivity index (χ3n) is 3.96. The number of hydrogen-bond donors (Lipinski definition) is 3. The number of methoxy groups -OCH3 is 1. The van der Waals surface area contributed by atoms with Crippen molar-refractivity contribution < 1.29 is 35.8 Å². The molecule has 0 saturated carbocycles. The zero-order valence-electron chi connectivity index (χ0n) is 14.7. The van der Waals surface area contributed by atoms with E-state index >= 15 is 0 Å². The predicted molar refractivity (Wildman–Crippen MR) is 102 cm³/mol. The highest BCUT2D eigenvalue weighted by Crippen LogP contribution is 2.39. The van der Waals surface area contributed by atoms with E-state index in [0.29, 0.717) is 0 Å². The average Bonchev–Trinajstić information content (AvgIpc) is 2.65. The van der Waals surface area contributed by atoms with E-state index in [2.05, 4.69) is 10.2 Å². The molecule has 0 heterocycles. The van der Waals surface area contributed by atoms with Gasteiger partial charge < -0.3 is 9.84 Å². The highest BCUT2D eigenvalue weighted by atomic mass is 32.2. The SMILES string of the molecule is COc1cc(S(=O)(=O)O)ccc1N=Nc1ccc2c(S(=O)(=O)O)cccc2c1O. The zero-order valence-corrected chi connectivity index (χ0v) is 16.3. The molecular formula is C17H14N2O8S2. The summed E-state index contributed by atoms with van der Waals surface area (Å²) in [7, 11) is -7.65. The second-order valence-electron chi connectivity index (χ2n) is 5.77. The van der Waals surface area contributed by atoms with E-state index < -0.39 is 20.2 Å². The van der Waals surface area contributed by atoms with Crippen LogP contribution in [-0.4, -0.2) is 38.2 Å². The number of phenolic OH excluding ortho intramolecular Hbond substituents is 1. The molecule has 0 aromatic heterocycles. The van der Waals surface area contributed by atoms with E-state index in [1.54, 1.807) is 0 Å². The van der Waals surface area contributed by atoms with Gasteiger partial charge in [-0.25, -0.2) is 0 Å². The van der Waals surface area contributed by atoms with Crippen LogP contribution in [0.2, 0.25) is 0 Å². The fourth-order valence-corrected chi connectivity index (χ4v) is 3.82. The Labute approximate surface area is 165 Å². The first-order chi connectivity index (χ1) is 13.5. The molecular weight excluding hydrogens is 424 g/mol. The van der Waals surface area contributed by atoms with E-state index in [-0.39, 0.29) is 43.4 Å². The Hall–Kier alpha value is -3.06.